The first kappa shape index (κ1) is 16.2. The van der Waals surface area contributed by atoms with Crippen molar-refractivity contribution in [3.8, 4) is 0 Å². The standard InChI is InChI=1S/C16H28N4O/c1-5-8-17-10-14-11-18-15(19-13(14)2)20-9-6-7-16(3,12-20)21-4/h11,17H,5-10,12H2,1-4H3. The first-order valence-electron chi connectivity index (χ1n) is 7.91. The molecule has 1 fully saturated rings. The quantitative estimate of drug-likeness (QED) is 0.815. The summed E-state index contributed by atoms with van der Waals surface area (Å²) < 4.78 is 5.64. The van der Waals surface area contributed by atoms with Crippen LogP contribution in [0.4, 0.5) is 5.95 Å². The monoisotopic (exact) mass is 292 g/mol. The van der Waals surface area contributed by atoms with Crippen molar-refractivity contribution in [3.63, 3.8) is 0 Å². The second kappa shape index (κ2) is 7.18. The molecule has 5 nitrogen and oxygen atoms in total. The van der Waals surface area contributed by atoms with Gasteiger partial charge in [0.25, 0.3) is 0 Å². The Balaban J connectivity index is 2.05. The highest BCUT2D eigenvalue weighted by molar-refractivity contribution is 5.34. The number of aryl methyl sites for hydroxylation is 1. The zero-order valence-corrected chi connectivity index (χ0v) is 13.8. The molecule has 5 heteroatoms. The SMILES string of the molecule is CCCNCc1cnc(N2CCCC(C)(OC)C2)nc1C. The van der Waals surface area contributed by atoms with Gasteiger partial charge >= 0.3 is 0 Å². The summed E-state index contributed by atoms with van der Waals surface area (Å²) in [4.78, 5) is 11.5. The Hall–Kier alpha value is -1.20. The zero-order valence-electron chi connectivity index (χ0n) is 13.8. The molecule has 1 unspecified atom stereocenters. The number of rotatable bonds is 6. The van der Waals surface area contributed by atoms with Crippen LogP contribution in [0.15, 0.2) is 6.20 Å². The van der Waals surface area contributed by atoms with Gasteiger partial charge in [0, 0.05) is 44.2 Å². The van der Waals surface area contributed by atoms with Gasteiger partial charge < -0.3 is 15.0 Å². The molecule has 0 bridgehead atoms. The van der Waals surface area contributed by atoms with E-state index in [1.165, 1.54) is 5.56 Å². The van der Waals surface area contributed by atoms with Crippen molar-refractivity contribution in [3.05, 3.63) is 17.5 Å². The molecule has 1 aromatic rings. The second-order valence-corrected chi connectivity index (χ2v) is 6.14. The van der Waals surface area contributed by atoms with E-state index in [-0.39, 0.29) is 5.60 Å². The van der Waals surface area contributed by atoms with Crippen molar-refractivity contribution in [2.75, 3.05) is 31.6 Å². The molecule has 1 aromatic heterocycles. The minimum absolute atomic E-state index is 0.0864. The number of anilines is 1. The Morgan fingerprint density at radius 3 is 2.95 bits per heavy atom. The van der Waals surface area contributed by atoms with Crippen LogP contribution in [0.3, 0.4) is 0 Å². The fourth-order valence-corrected chi connectivity index (χ4v) is 2.75. The van der Waals surface area contributed by atoms with Crippen LogP contribution in [-0.4, -0.2) is 42.3 Å². The third-order valence-electron chi connectivity index (χ3n) is 4.25. The second-order valence-electron chi connectivity index (χ2n) is 6.14. The average molecular weight is 292 g/mol. The third-order valence-corrected chi connectivity index (χ3v) is 4.25. The molecule has 0 amide bonds. The number of aromatic nitrogens is 2. The maximum Gasteiger partial charge on any atom is 0.225 e. The molecule has 1 atom stereocenters. The van der Waals surface area contributed by atoms with Crippen LogP contribution in [0, 0.1) is 6.92 Å². The number of hydrogen-bond donors (Lipinski definition) is 1. The fraction of sp³-hybridized carbons (Fsp3) is 0.750. The van der Waals surface area contributed by atoms with Gasteiger partial charge in [0.1, 0.15) is 0 Å². The van der Waals surface area contributed by atoms with E-state index in [9.17, 15) is 0 Å². The van der Waals surface area contributed by atoms with E-state index < -0.39 is 0 Å². The van der Waals surface area contributed by atoms with Crippen LogP contribution in [0.25, 0.3) is 0 Å². The summed E-state index contributed by atoms with van der Waals surface area (Å²) in [6, 6.07) is 0. The van der Waals surface area contributed by atoms with Crippen LogP contribution < -0.4 is 10.2 Å². The minimum Gasteiger partial charge on any atom is -0.377 e. The Bertz CT molecular complexity index is 466. The lowest BCUT2D eigenvalue weighted by Gasteiger charge is -2.39. The number of nitrogens with one attached hydrogen (secondary N) is 1. The Morgan fingerprint density at radius 2 is 2.29 bits per heavy atom. The fourth-order valence-electron chi connectivity index (χ4n) is 2.75. The van der Waals surface area contributed by atoms with E-state index in [4.69, 9.17) is 9.72 Å². The summed E-state index contributed by atoms with van der Waals surface area (Å²) in [5, 5.41) is 3.40. The molecular formula is C16H28N4O. The van der Waals surface area contributed by atoms with Crippen molar-refractivity contribution in [2.24, 2.45) is 0 Å². The Labute approximate surface area is 128 Å². The van der Waals surface area contributed by atoms with Crippen molar-refractivity contribution >= 4 is 5.95 Å². The summed E-state index contributed by atoms with van der Waals surface area (Å²) >= 11 is 0. The van der Waals surface area contributed by atoms with Crippen molar-refractivity contribution in [1.82, 2.24) is 15.3 Å². The van der Waals surface area contributed by atoms with E-state index in [1.807, 2.05) is 6.20 Å². The molecule has 1 saturated heterocycles. The van der Waals surface area contributed by atoms with Gasteiger partial charge in [0.05, 0.1) is 5.60 Å². The van der Waals surface area contributed by atoms with E-state index in [0.717, 1.165) is 57.1 Å². The van der Waals surface area contributed by atoms with Gasteiger partial charge in [0.2, 0.25) is 5.95 Å². The predicted molar refractivity (Wildman–Crippen MR) is 85.6 cm³/mol. The summed E-state index contributed by atoms with van der Waals surface area (Å²) in [6.07, 6.45) is 5.31. The van der Waals surface area contributed by atoms with Gasteiger partial charge in [-0.05, 0) is 39.7 Å². The molecule has 0 saturated carbocycles. The first-order valence-corrected chi connectivity index (χ1v) is 7.91. The highest BCUT2D eigenvalue weighted by atomic mass is 16.5. The normalized spacial score (nSPS) is 22.6. The van der Waals surface area contributed by atoms with Crippen molar-refractivity contribution < 1.29 is 4.74 Å². The van der Waals surface area contributed by atoms with Crippen LogP contribution in [0.1, 0.15) is 44.4 Å². The first-order chi connectivity index (χ1) is 10.1. The van der Waals surface area contributed by atoms with E-state index in [2.05, 4.69) is 36.0 Å². The Kier molecular flexibility index (Phi) is 5.53. The van der Waals surface area contributed by atoms with Gasteiger partial charge in [-0.1, -0.05) is 6.92 Å². The number of hydrogen-bond acceptors (Lipinski definition) is 5. The number of methoxy groups -OCH3 is 1. The van der Waals surface area contributed by atoms with Gasteiger partial charge in [-0.15, -0.1) is 0 Å². The molecular weight excluding hydrogens is 264 g/mol. The third kappa shape index (κ3) is 4.14. The van der Waals surface area contributed by atoms with Gasteiger partial charge in [-0.3, -0.25) is 0 Å². The van der Waals surface area contributed by atoms with Gasteiger partial charge in [0.15, 0.2) is 0 Å². The average Bonchev–Trinajstić information content (AvgIpc) is 2.49. The minimum atomic E-state index is -0.0864. The molecule has 0 spiro atoms. The molecule has 21 heavy (non-hydrogen) atoms. The maximum atomic E-state index is 5.64. The molecule has 0 aliphatic carbocycles. The summed E-state index contributed by atoms with van der Waals surface area (Å²) in [7, 11) is 1.79. The molecule has 1 aliphatic heterocycles. The smallest absolute Gasteiger partial charge is 0.225 e. The molecule has 2 heterocycles. The molecule has 0 aromatic carbocycles. The highest BCUT2D eigenvalue weighted by Gasteiger charge is 2.31. The van der Waals surface area contributed by atoms with E-state index in [0.29, 0.717) is 0 Å². The zero-order chi connectivity index (χ0) is 15.3. The summed E-state index contributed by atoms with van der Waals surface area (Å²) in [5.74, 6) is 0.828. The molecule has 2 rings (SSSR count). The number of piperidine rings is 1. The molecule has 0 radical (unpaired) electrons. The van der Waals surface area contributed by atoms with Crippen LogP contribution in [0.2, 0.25) is 0 Å². The lowest BCUT2D eigenvalue weighted by atomic mass is 9.95. The van der Waals surface area contributed by atoms with Crippen molar-refractivity contribution in [2.45, 2.75) is 52.2 Å². The number of ether oxygens (including phenoxy) is 1. The van der Waals surface area contributed by atoms with Crippen molar-refractivity contribution in [1.29, 1.82) is 0 Å². The lowest BCUT2D eigenvalue weighted by molar-refractivity contribution is -0.00499. The molecule has 1 aliphatic rings. The van der Waals surface area contributed by atoms with Crippen LogP contribution in [-0.2, 0) is 11.3 Å². The topological polar surface area (TPSA) is 50.3 Å². The summed E-state index contributed by atoms with van der Waals surface area (Å²) in [5.41, 5.74) is 2.16. The predicted octanol–water partition coefficient (Wildman–Crippen LogP) is 2.29. The van der Waals surface area contributed by atoms with E-state index >= 15 is 0 Å². The number of nitrogens with zero attached hydrogens (tertiary/aromatic N) is 3. The van der Waals surface area contributed by atoms with Gasteiger partial charge in [-0.2, -0.15) is 0 Å². The molecule has 118 valence electrons. The van der Waals surface area contributed by atoms with Crippen LogP contribution >= 0.6 is 0 Å². The largest absolute Gasteiger partial charge is 0.377 e. The van der Waals surface area contributed by atoms with Gasteiger partial charge in [-0.25, -0.2) is 9.97 Å². The lowest BCUT2D eigenvalue weighted by Crippen LogP contribution is -2.48. The van der Waals surface area contributed by atoms with E-state index in [1.54, 1.807) is 7.11 Å². The maximum absolute atomic E-state index is 5.64. The van der Waals surface area contributed by atoms with Crippen LogP contribution in [0.5, 0.6) is 0 Å². The molecule has 1 N–H and O–H groups in total. The summed E-state index contributed by atoms with van der Waals surface area (Å²) in [6.45, 7) is 10.1. The Morgan fingerprint density at radius 1 is 1.48 bits per heavy atom. The highest BCUT2D eigenvalue weighted by Crippen LogP contribution is 2.26.